The van der Waals surface area contributed by atoms with E-state index in [4.69, 9.17) is 0 Å². The molecule has 1 aliphatic rings. The van der Waals surface area contributed by atoms with Crippen molar-refractivity contribution >= 4 is 11.8 Å². The highest BCUT2D eigenvalue weighted by atomic mass is 32.2. The normalized spacial score (nSPS) is 24.7. The zero-order chi connectivity index (χ0) is 14.0. The Labute approximate surface area is 118 Å². The number of hydrogen-bond donors (Lipinski definition) is 1. The first kappa shape index (κ1) is 14.8. The van der Waals surface area contributed by atoms with Crippen molar-refractivity contribution in [1.29, 1.82) is 0 Å². The van der Waals surface area contributed by atoms with Gasteiger partial charge in [0.05, 0.1) is 0 Å². The second-order valence-corrected chi connectivity index (χ2v) is 6.52. The Morgan fingerprint density at radius 3 is 2.63 bits per heavy atom. The predicted octanol–water partition coefficient (Wildman–Crippen LogP) is 4.21. The fourth-order valence-corrected chi connectivity index (χ4v) is 3.54. The van der Waals surface area contributed by atoms with Crippen LogP contribution in [-0.2, 0) is 0 Å². The molecule has 3 atom stereocenters. The summed E-state index contributed by atoms with van der Waals surface area (Å²) in [7, 11) is 0. The molecule has 1 nitrogen and oxygen atoms in total. The van der Waals surface area contributed by atoms with Gasteiger partial charge in [-0.3, -0.25) is 0 Å². The van der Waals surface area contributed by atoms with Crippen molar-refractivity contribution in [3.05, 3.63) is 34.9 Å². The second-order valence-electron chi connectivity index (χ2n) is 5.38. The third-order valence-electron chi connectivity index (χ3n) is 3.95. The van der Waals surface area contributed by atoms with Crippen molar-refractivity contribution in [3.8, 4) is 0 Å². The minimum Gasteiger partial charge on any atom is -0.307 e. The highest BCUT2D eigenvalue weighted by Crippen LogP contribution is 2.30. The van der Waals surface area contributed by atoms with Crippen LogP contribution in [-0.4, -0.2) is 17.5 Å². The summed E-state index contributed by atoms with van der Waals surface area (Å²) >= 11 is 1.89. The molecule has 1 aromatic carbocycles. The molecule has 1 saturated carbocycles. The van der Waals surface area contributed by atoms with Crippen LogP contribution in [0.1, 0.15) is 43.4 Å². The molecule has 0 amide bonds. The van der Waals surface area contributed by atoms with Gasteiger partial charge in [0.1, 0.15) is 11.6 Å². The quantitative estimate of drug-likeness (QED) is 0.889. The molecule has 1 N–H and O–H groups in total. The van der Waals surface area contributed by atoms with Crippen LogP contribution in [0.15, 0.2) is 12.1 Å². The van der Waals surface area contributed by atoms with E-state index < -0.39 is 0 Å². The summed E-state index contributed by atoms with van der Waals surface area (Å²) in [5.74, 6) is -0.656. The van der Waals surface area contributed by atoms with Crippen molar-refractivity contribution in [2.24, 2.45) is 0 Å². The molecule has 106 valence electrons. The number of halogens is 2. The van der Waals surface area contributed by atoms with Gasteiger partial charge < -0.3 is 5.32 Å². The van der Waals surface area contributed by atoms with E-state index >= 15 is 0 Å². The molecule has 3 unspecified atom stereocenters. The maximum absolute atomic E-state index is 13.9. The van der Waals surface area contributed by atoms with Gasteiger partial charge in [-0.1, -0.05) is 0 Å². The first-order valence-electron chi connectivity index (χ1n) is 6.75. The number of aryl methyl sites for hydroxylation is 1. The Morgan fingerprint density at radius 1 is 1.26 bits per heavy atom. The van der Waals surface area contributed by atoms with Crippen LogP contribution in [0.25, 0.3) is 0 Å². The lowest BCUT2D eigenvalue weighted by Crippen LogP contribution is -2.30. The molecular weight excluding hydrogens is 264 g/mol. The lowest BCUT2D eigenvalue weighted by atomic mass is 10.0. The summed E-state index contributed by atoms with van der Waals surface area (Å²) in [6.07, 6.45) is 5.56. The molecule has 0 saturated heterocycles. The Morgan fingerprint density at radius 2 is 2.00 bits per heavy atom. The Balaban J connectivity index is 2.04. The van der Waals surface area contributed by atoms with Crippen LogP contribution in [0.4, 0.5) is 8.78 Å². The SMILES string of the molecule is CSC1CCC(NC(C)c2cc(F)c(C)cc2F)C1. The van der Waals surface area contributed by atoms with Gasteiger partial charge in [-0.25, -0.2) is 8.78 Å². The lowest BCUT2D eigenvalue weighted by Gasteiger charge is -2.21. The van der Waals surface area contributed by atoms with Crippen LogP contribution in [0.2, 0.25) is 0 Å². The minimum atomic E-state index is -0.335. The van der Waals surface area contributed by atoms with Gasteiger partial charge in [0.2, 0.25) is 0 Å². The number of hydrogen-bond acceptors (Lipinski definition) is 2. The van der Waals surface area contributed by atoms with Gasteiger partial charge in [-0.2, -0.15) is 11.8 Å². The number of benzene rings is 1. The van der Waals surface area contributed by atoms with Gasteiger partial charge in [-0.05, 0) is 57.1 Å². The molecule has 1 fully saturated rings. The maximum Gasteiger partial charge on any atom is 0.128 e. The Bertz CT molecular complexity index is 450. The molecule has 0 bridgehead atoms. The fraction of sp³-hybridized carbons (Fsp3) is 0.600. The van der Waals surface area contributed by atoms with E-state index in [9.17, 15) is 8.78 Å². The summed E-state index contributed by atoms with van der Waals surface area (Å²) in [5, 5.41) is 4.13. The van der Waals surface area contributed by atoms with Crippen LogP contribution < -0.4 is 5.32 Å². The lowest BCUT2D eigenvalue weighted by molar-refractivity contribution is 0.444. The van der Waals surface area contributed by atoms with Gasteiger partial charge >= 0.3 is 0 Å². The van der Waals surface area contributed by atoms with Gasteiger partial charge in [0.15, 0.2) is 0 Å². The predicted molar refractivity (Wildman–Crippen MR) is 77.6 cm³/mol. The Kier molecular flexibility index (Phi) is 4.85. The van der Waals surface area contributed by atoms with Gasteiger partial charge in [0.25, 0.3) is 0 Å². The number of rotatable bonds is 4. The summed E-state index contributed by atoms with van der Waals surface area (Å²) in [4.78, 5) is 0. The van der Waals surface area contributed by atoms with Crippen molar-refractivity contribution in [1.82, 2.24) is 5.32 Å². The van der Waals surface area contributed by atoms with E-state index in [1.54, 1.807) is 6.92 Å². The van der Waals surface area contributed by atoms with E-state index in [-0.39, 0.29) is 17.7 Å². The molecule has 1 aromatic rings. The monoisotopic (exact) mass is 285 g/mol. The maximum atomic E-state index is 13.9. The zero-order valence-electron chi connectivity index (χ0n) is 11.7. The van der Waals surface area contributed by atoms with Crippen molar-refractivity contribution in [3.63, 3.8) is 0 Å². The van der Waals surface area contributed by atoms with Gasteiger partial charge in [0, 0.05) is 22.9 Å². The second kappa shape index (κ2) is 6.23. The average molecular weight is 285 g/mol. The molecular formula is C15H21F2NS. The summed E-state index contributed by atoms with van der Waals surface area (Å²) in [6.45, 7) is 3.49. The highest BCUT2D eigenvalue weighted by molar-refractivity contribution is 7.99. The topological polar surface area (TPSA) is 12.0 Å². The van der Waals surface area contributed by atoms with Crippen molar-refractivity contribution < 1.29 is 8.78 Å². The number of nitrogens with one attached hydrogen (secondary N) is 1. The molecule has 0 spiro atoms. The first-order valence-corrected chi connectivity index (χ1v) is 8.04. The molecule has 0 aliphatic heterocycles. The van der Waals surface area contributed by atoms with E-state index in [0.29, 0.717) is 22.4 Å². The molecule has 0 radical (unpaired) electrons. The molecule has 0 heterocycles. The minimum absolute atomic E-state index is 0.152. The molecule has 19 heavy (non-hydrogen) atoms. The summed E-state index contributed by atoms with van der Waals surface area (Å²) in [5.41, 5.74) is 0.785. The van der Waals surface area contributed by atoms with E-state index in [0.717, 1.165) is 12.8 Å². The van der Waals surface area contributed by atoms with Gasteiger partial charge in [-0.15, -0.1) is 0 Å². The van der Waals surface area contributed by atoms with Crippen LogP contribution >= 0.6 is 11.8 Å². The standard InChI is InChI=1S/C15H21F2NS/c1-9-6-15(17)13(8-14(9)16)10(2)18-11-4-5-12(7-11)19-3/h6,8,10-12,18H,4-5,7H2,1-3H3. The van der Waals surface area contributed by atoms with E-state index in [1.165, 1.54) is 18.6 Å². The largest absolute Gasteiger partial charge is 0.307 e. The summed E-state index contributed by atoms with van der Waals surface area (Å²) < 4.78 is 27.4. The third-order valence-corrected chi connectivity index (χ3v) is 5.04. The first-order chi connectivity index (χ1) is 9.01. The molecule has 1 aliphatic carbocycles. The average Bonchev–Trinajstić information content (AvgIpc) is 2.81. The van der Waals surface area contributed by atoms with E-state index in [2.05, 4.69) is 11.6 Å². The smallest absolute Gasteiger partial charge is 0.128 e. The van der Waals surface area contributed by atoms with Crippen LogP contribution in [0.3, 0.4) is 0 Å². The molecule has 2 rings (SSSR count). The van der Waals surface area contributed by atoms with E-state index in [1.807, 2.05) is 18.7 Å². The zero-order valence-corrected chi connectivity index (χ0v) is 12.5. The molecule has 0 aromatic heterocycles. The van der Waals surface area contributed by atoms with Crippen LogP contribution in [0, 0.1) is 18.6 Å². The molecule has 4 heteroatoms. The fourth-order valence-electron chi connectivity index (χ4n) is 2.74. The highest BCUT2D eigenvalue weighted by Gasteiger charge is 2.26. The number of thioether (sulfide) groups is 1. The van der Waals surface area contributed by atoms with Crippen molar-refractivity contribution in [2.45, 2.75) is 50.4 Å². The van der Waals surface area contributed by atoms with Crippen molar-refractivity contribution in [2.75, 3.05) is 6.26 Å². The third kappa shape index (κ3) is 3.48. The van der Waals surface area contributed by atoms with Crippen LogP contribution in [0.5, 0.6) is 0 Å². The Hall–Kier alpha value is -0.610. The summed E-state index contributed by atoms with van der Waals surface area (Å²) in [6, 6.07) is 2.86.